The van der Waals surface area contributed by atoms with Crippen molar-refractivity contribution in [3.63, 3.8) is 0 Å². The summed E-state index contributed by atoms with van der Waals surface area (Å²) in [6, 6.07) is 15.2. The number of sulfonamides is 1. The van der Waals surface area contributed by atoms with E-state index in [4.69, 9.17) is 0 Å². The van der Waals surface area contributed by atoms with Crippen LogP contribution in [0.3, 0.4) is 0 Å². The van der Waals surface area contributed by atoms with E-state index >= 15 is 0 Å². The quantitative estimate of drug-likeness (QED) is 0.379. The van der Waals surface area contributed by atoms with Crippen LogP contribution in [-0.4, -0.2) is 52.6 Å². The number of hydrogen-bond acceptors (Lipinski definition) is 9. The van der Waals surface area contributed by atoms with E-state index < -0.39 is 10.0 Å². The van der Waals surface area contributed by atoms with Crippen molar-refractivity contribution in [1.82, 2.24) is 25.1 Å². The SMILES string of the molecule is O=C(Nc1ccc(S(=O)(=O)Nc2ncccn2)cc1)C1CCN(c2ccc(-c3ccncc3)nn2)CC1. The first kappa shape index (κ1) is 24.3. The molecule has 0 unspecified atom stereocenters. The monoisotopic (exact) mass is 516 g/mol. The fraction of sp³-hybridized carbons (Fsp3) is 0.200. The minimum Gasteiger partial charge on any atom is -0.355 e. The Bertz CT molecular complexity index is 1440. The van der Waals surface area contributed by atoms with E-state index in [9.17, 15) is 13.2 Å². The van der Waals surface area contributed by atoms with Gasteiger partial charge in [0.25, 0.3) is 10.0 Å². The van der Waals surface area contributed by atoms with Gasteiger partial charge in [0.05, 0.1) is 10.6 Å². The topological polar surface area (TPSA) is 143 Å². The summed E-state index contributed by atoms with van der Waals surface area (Å²) in [5.74, 6) is 0.524. The van der Waals surface area contributed by atoms with Crippen LogP contribution in [0.15, 0.2) is 84.3 Å². The third kappa shape index (κ3) is 5.86. The molecule has 0 saturated carbocycles. The molecule has 4 heterocycles. The Morgan fingerprint density at radius 3 is 2.22 bits per heavy atom. The second-order valence-electron chi connectivity index (χ2n) is 8.47. The van der Waals surface area contributed by atoms with Gasteiger partial charge < -0.3 is 10.2 Å². The number of pyridine rings is 1. The number of nitrogens with one attached hydrogen (secondary N) is 2. The molecule has 0 atom stereocenters. The molecule has 1 aliphatic heterocycles. The standard InChI is InChI=1S/C25H24N8O3S/c34-24(29-20-2-4-21(5-3-20)37(35,36)32-25-27-12-1-13-28-25)19-10-16-33(17-11-19)23-7-6-22(30-31-23)18-8-14-26-15-9-18/h1-9,12-15,19H,10-11,16-17H2,(H,29,34)(H,27,28,32). The molecule has 5 rings (SSSR count). The van der Waals surface area contributed by atoms with E-state index in [1.807, 2.05) is 24.3 Å². The number of carbonyl (C=O) groups excluding carboxylic acids is 1. The fourth-order valence-corrected chi connectivity index (χ4v) is 4.99. The molecule has 0 aliphatic carbocycles. The molecule has 2 N–H and O–H groups in total. The number of rotatable bonds is 7. The van der Waals surface area contributed by atoms with Crippen molar-refractivity contribution < 1.29 is 13.2 Å². The molecular weight excluding hydrogens is 492 g/mol. The molecule has 4 aromatic rings. The predicted molar refractivity (Wildman–Crippen MR) is 138 cm³/mol. The fourth-order valence-electron chi connectivity index (χ4n) is 4.03. The third-order valence-corrected chi connectivity index (χ3v) is 7.38. The Balaban J connectivity index is 1.14. The van der Waals surface area contributed by atoms with Gasteiger partial charge in [0, 0.05) is 55.0 Å². The zero-order valence-corrected chi connectivity index (χ0v) is 20.5. The van der Waals surface area contributed by atoms with E-state index in [1.54, 1.807) is 30.6 Å². The molecule has 1 fully saturated rings. The van der Waals surface area contributed by atoms with Gasteiger partial charge in [-0.3, -0.25) is 9.78 Å². The van der Waals surface area contributed by atoms with Crippen LogP contribution in [0.1, 0.15) is 12.8 Å². The van der Waals surface area contributed by atoms with Crippen LogP contribution in [0.4, 0.5) is 17.5 Å². The third-order valence-electron chi connectivity index (χ3n) is 6.04. The zero-order valence-electron chi connectivity index (χ0n) is 19.7. The normalized spacial score (nSPS) is 14.2. The van der Waals surface area contributed by atoms with E-state index in [0.29, 0.717) is 31.6 Å². The predicted octanol–water partition coefficient (Wildman–Crippen LogP) is 2.98. The van der Waals surface area contributed by atoms with Gasteiger partial charge in [0.1, 0.15) is 0 Å². The summed E-state index contributed by atoms with van der Waals surface area (Å²) in [7, 11) is -3.84. The summed E-state index contributed by atoms with van der Waals surface area (Å²) >= 11 is 0. The first-order valence-electron chi connectivity index (χ1n) is 11.7. The second-order valence-corrected chi connectivity index (χ2v) is 10.1. The van der Waals surface area contributed by atoms with Gasteiger partial charge >= 0.3 is 0 Å². The zero-order chi connectivity index (χ0) is 25.7. The molecule has 37 heavy (non-hydrogen) atoms. The molecule has 12 heteroatoms. The highest BCUT2D eigenvalue weighted by Crippen LogP contribution is 2.25. The summed E-state index contributed by atoms with van der Waals surface area (Å²) in [6.07, 6.45) is 7.67. The lowest BCUT2D eigenvalue weighted by molar-refractivity contribution is -0.120. The summed E-state index contributed by atoms with van der Waals surface area (Å²) in [5, 5.41) is 11.6. The van der Waals surface area contributed by atoms with Crippen molar-refractivity contribution in [2.75, 3.05) is 28.0 Å². The van der Waals surface area contributed by atoms with Crippen molar-refractivity contribution in [3.05, 3.63) is 79.4 Å². The minimum absolute atomic E-state index is 0.0121. The molecule has 188 valence electrons. The lowest BCUT2D eigenvalue weighted by atomic mass is 9.96. The van der Waals surface area contributed by atoms with Crippen LogP contribution in [0.25, 0.3) is 11.3 Å². The Hall–Kier alpha value is -4.45. The van der Waals surface area contributed by atoms with Gasteiger partial charge in [-0.15, -0.1) is 10.2 Å². The summed E-state index contributed by atoms with van der Waals surface area (Å²) in [4.78, 5) is 26.7. The molecule has 1 amide bonds. The van der Waals surface area contributed by atoms with E-state index in [1.165, 1.54) is 24.5 Å². The first-order chi connectivity index (χ1) is 18.0. The molecule has 11 nitrogen and oxygen atoms in total. The minimum atomic E-state index is -3.84. The van der Waals surface area contributed by atoms with Crippen molar-refractivity contribution in [2.45, 2.75) is 17.7 Å². The van der Waals surface area contributed by atoms with Gasteiger partial charge in [-0.05, 0) is 67.4 Å². The molecule has 1 aliphatic rings. The van der Waals surface area contributed by atoms with Crippen LogP contribution in [0, 0.1) is 5.92 Å². The lowest BCUT2D eigenvalue weighted by Gasteiger charge is -2.31. The summed E-state index contributed by atoms with van der Waals surface area (Å²) in [6.45, 7) is 1.37. The highest BCUT2D eigenvalue weighted by atomic mass is 32.2. The number of nitrogens with zero attached hydrogens (tertiary/aromatic N) is 6. The number of hydrogen-bond donors (Lipinski definition) is 2. The molecule has 3 aromatic heterocycles. The van der Waals surface area contributed by atoms with Crippen molar-refractivity contribution in [3.8, 4) is 11.3 Å². The molecule has 0 spiro atoms. The van der Waals surface area contributed by atoms with E-state index in [-0.39, 0.29) is 22.7 Å². The number of aromatic nitrogens is 5. The van der Waals surface area contributed by atoms with Gasteiger partial charge in [-0.25, -0.2) is 23.1 Å². The van der Waals surface area contributed by atoms with Crippen LogP contribution < -0.4 is 14.9 Å². The molecule has 1 saturated heterocycles. The smallest absolute Gasteiger partial charge is 0.264 e. The summed E-state index contributed by atoms with van der Waals surface area (Å²) in [5.41, 5.74) is 2.26. The highest BCUT2D eigenvalue weighted by molar-refractivity contribution is 7.92. The van der Waals surface area contributed by atoms with Crippen molar-refractivity contribution >= 4 is 33.4 Å². The van der Waals surface area contributed by atoms with Gasteiger partial charge in [0.2, 0.25) is 11.9 Å². The molecule has 0 radical (unpaired) electrons. The van der Waals surface area contributed by atoms with Crippen LogP contribution in [-0.2, 0) is 14.8 Å². The van der Waals surface area contributed by atoms with E-state index in [0.717, 1.165) is 17.1 Å². The van der Waals surface area contributed by atoms with E-state index in [2.05, 4.69) is 40.1 Å². The number of carbonyl (C=O) groups is 1. The van der Waals surface area contributed by atoms with Gasteiger partial charge in [-0.1, -0.05) is 0 Å². The van der Waals surface area contributed by atoms with Gasteiger partial charge in [0.15, 0.2) is 5.82 Å². The van der Waals surface area contributed by atoms with Crippen LogP contribution in [0.2, 0.25) is 0 Å². The van der Waals surface area contributed by atoms with Crippen molar-refractivity contribution in [2.24, 2.45) is 5.92 Å². The maximum absolute atomic E-state index is 12.8. The molecule has 1 aromatic carbocycles. The molecule has 0 bridgehead atoms. The van der Waals surface area contributed by atoms with Crippen LogP contribution >= 0.6 is 0 Å². The lowest BCUT2D eigenvalue weighted by Crippen LogP contribution is -2.38. The first-order valence-corrected chi connectivity index (χ1v) is 13.2. The average molecular weight is 517 g/mol. The maximum Gasteiger partial charge on any atom is 0.264 e. The largest absolute Gasteiger partial charge is 0.355 e. The molecular formula is C25H24N8O3S. The van der Waals surface area contributed by atoms with Crippen molar-refractivity contribution in [1.29, 1.82) is 0 Å². The maximum atomic E-state index is 12.8. The number of anilines is 3. The Labute approximate surface area is 214 Å². The number of benzene rings is 1. The Morgan fingerprint density at radius 1 is 0.865 bits per heavy atom. The van der Waals surface area contributed by atoms with Crippen LogP contribution in [0.5, 0.6) is 0 Å². The number of amides is 1. The van der Waals surface area contributed by atoms with Gasteiger partial charge in [-0.2, -0.15) is 0 Å². The second kappa shape index (κ2) is 10.7. The average Bonchev–Trinajstić information content (AvgIpc) is 2.94. The summed E-state index contributed by atoms with van der Waals surface area (Å²) < 4.78 is 27.4. The highest BCUT2D eigenvalue weighted by Gasteiger charge is 2.26. The Kier molecular flexibility index (Phi) is 6.99. The Morgan fingerprint density at radius 2 is 1.57 bits per heavy atom. The number of piperidine rings is 1.